The number of nitrogens with one attached hydrogen (secondary N) is 1. The van der Waals surface area contributed by atoms with Crippen molar-refractivity contribution in [3.05, 3.63) is 69.3 Å². The van der Waals surface area contributed by atoms with E-state index in [1.54, 1.807) is 12.1 Å². The molecule has 6 nitrogen and oxygen atoms in total. The van der Waals surface area contributed by atoms with Gasteiger partial charge in [0, 0.05) is 12.6 Å². The highest BCUT2D eigenvalue weighted by Gasteiger charge is 2.14. The van der Waals surface area contributed by atoms with Gasteiger partial charge in [-0.25, -0.2) is 0 Å². The Labute approximate surface area is 127 Å². The summed E-state index contributed by atoms with van der Waals surface area (Å²) in [5, 5.41) is 31.8. The van der Waals surface area contributed by atoms with Gasteiger partial charge in [0.25, 0.3) is 5.69 Å². The SMILES string of the molecule is N#Cc1ccc(NCCc2ccc(CO)cc2)c([N+](=O)[O-])c1. The van der Waals surface area contributed by atoms with Crippen LogP contribution >= 0.6 is 0 Å². The Balaban J connectivity index is 2.02. The number of hydrogen-bond donors (Lipinski definition) is 2. The van der Waals surface area contributed by atoms with Crippen molar-refractivity contribution in [2.75, 3.05) is 11.9 Å². The van der Waals surface area contributed by atoms with E-state index in [2.05, 4.69) is 5.32 Å². The molecule has 2 rings (SSSR count). The van der Waals surface area contributed by atoms with E-state index in [0.29, 0.717) is 18.7 Å². The van der Waals surface area contributed by atoms with Crippen LogP contribution in [0.2, 0.25) is 0 Å². The molecule has 6 heteroatoms. The number of benzene rings is 2. The zero-order chi connectivity index (χ0) is 15.9. The minimum Gasteiger partial charge on any atom is -0.392 e. The van der Waals surface area contributed by atoms with Crippen LogP contribution in [0.15, 0.2) is 42.5 Å². The first-order valence-electron chi connectivity index (χ1n) is 6.75. The summed E-state index contributed by atoms with van der Waals surface area (Å²) < 4.78 is 0. The van der Waals surface area contributed by atoms with E-state index in [0.717, 1.165) is 11.1 Å². The third kappa shape index (κ3) is 3.81. The van der Waals surface area contributed by atoms with Gasteiger partial charge in [0.15, 0.2) is 0 Å². The van der Waals surface area contributed by atoms with Crippen LogP contribution in [0.3, 0.4) is 0 Å². The number of nitro groups is 1. The normalized spacial score (nSPS) is 10.0. The predicted molar refractivity (Wildman–Crippen MR) is 82.4 cm³/mol. The lowest BCUT2D eigenvalue weighted by molar-refractivity contribution is -0.384. The molecule has 22 heavy (non-hydrogen) atoms. The molecule has 0 aliphatic carbocycles. The van der Waals surface area contributed by atoms with Gasteiger partial charge in [-0.05, 0) is 29.7 Å². The quantitative estimate of drug-likeness (QED) is 0.630. The Morgan fingerprint density at radius 1 is 1.18 bits per heavy atom. The molecule has 112 valence electrons. The maximum atomic E-state index is 11.0. The molecule has 0 aromatic heterocycles. The Hall–Kier alpha value is -2.91. The van der Waals surface area contributed by atoms with Gasteiger partial charge in [0.1, 0.15) is 5.69 Å². The number of nitriles is 1. The summed E-state index contributed by atoms with van der Waals surface area (Å²) in [6.07, 6.45) is 0.697. The summed E-state index contributed by atoms with van der Waals surface area (Å²) in [7, 11) is 0. The second kappa shape index (κ2) is 7.20. The predicted octanol–water partition coefficient (Wildman–Crippen LogP) is 2.61. The Morgan fingerprint density at radius 3 is 2.45 bits per heavy atom. The van der Waals surface area contributed by atoms with E-state index >= 15 is 0 Å². The number of nitrogens with zero attached hydrogens (tertiary/aromatic N) is 2. The van der Waals surface area contributed by atoms with Crippen molar-refractivity contribution in [2.45, 2.75) is 13.0 Å². The van der Waals surface area contributed by atoms with E-state index in [1.165, 1.54) is 6.07 Å². The molecule has 0 amide bonds. The molecule has 0 saturated carbocycles. The first-order chi connectivity index (χ1) is 10.6. The third-order valence-electron chi connectivity index (χ3n) is 3.26. The third-order valence-corrected chi connectivity index (χ3v) is 3.26. The average molecular weight is 297 g/mol. The molecule has 0 radical (unpaired) electrons. The monoisotopic (exact) mass is 297 g/mol. The lowest BCUT2D eigenvalue weighted by Crippen LogP contribution is -2.07. The molecule has 0 saturated heterocycles. The number of hydrogen-bond acceptors (Lipinski definition) is 5. The summed E-state index contributed by atoms with van der Waals surface area (Å²) in [6.45, 7) is 0.543. The van der Waals surface area contributed by atoms with Crippen LogP contribution in [0, 0.1) is 21.4 Å². The topological polar surface area (TPSA) is 99.2 Å². The smallest absolute Gasteiger partial charge is 0.293 e. The number of aliphatic hydroxyl groups is 1. The van der Waals surface area contributed by atoms with Gasteiger partial charge < -0.3 is 10.4 Å². The van der Waals surface area contributed by atoms with Crippen molar-refractivity contribution < 1.29 is 10.0 Å². The van der Waals surface area contributed by atoms with E-state index in [1.807, 2.05) is 30.3 Å². The summed E-state index contributed by atoms with van der Waals surface area (Å²) in [5.41, 5.74) is 2.47. The maximum absolute atomic E-state index is 11.0. The highest BCUT2D eigenvalue weighted by Crippen LogP contribution is 2.25. The molecule has 0 fully saturated rings. The Bertz CT molecular complexity index is 706. The molecule has 0 aliphatic rings. The van der Waals surface area contributed by atoms with Crippen molar-refractivity contribution >= 4 is 11.4 Å². The number of anilines is 1. The summed E-state index contributed by atoms with van der Waals surface area (Å²) in [4.78, 5) is 10.5. The molecule has 0 atom stereocenters. The van der Waals surface area contributed by atoms with Gasteiger partial charge in [-0.3, -0.25) is 10.1 Å². The van der Waals surface area contributed by atoms with Gasteiger partial charge in [-0.1, -0.05) is 24.3 Å². The lowest BCUT2D eigenvalue weighted by atomic mass is 10.1. The standard InChI is InChI=1S/C16H15N3O3/c17-10-14-5-6-15(16(9-14)19(21)22)18-8-7-12-1-3-13(11-20)4-2-12/h1-6,9,18,20H,7-8,11H2. The van der Waals surface area contributed by atoms with Crippen LogP contribution in [0.25, 0.3) is 0 Å². The Morgan fingerprint density at radius 2 is 1.86 bits per heavy atom. The van der Waals surface area contributed by atoms with Crippen LogP contribution in [0.5, 0.6) is 0 Å². The number of nitro benzene ring substituents is 1. The van der Waals surface area contributed by atoms with Crippen molar-refractivity contribution in [1.82, 2.24) is 0 Å². The molecule has 0 heterocycles. The zero-order valence-electron chi connectivity index (χ0n) is 11.8. The fraction of sp³-hybridized carbons (Fsp3) is 0.188. The molecular formula is C16H15N3O3. The second-order valence-corrected chi connectivity index (χ2v) is 4.75. The van der Waals surface area contributed by atoms with Crippen molar-refractivity contribution in [1.29, 1.82) is 5.26 Å². The minimum atomic E-state index is -0.501. The van der Waals surface area contributed by atoms with Crippen LogP contribution < -0.4 is 5.32 Å². The molecular weight excluding hydrogens is 282 g/mol. The molecule has 2 aromatic carbocycles. The highest BCUT2D eigenvalue weighted by atomic mass is 16.6. The molecule has 0 spiro atoms. The van der Waals surface area contributed by atoms with Crippen molar-refractivity contribution in [3.8, 4) is 6.07 Å². The van der Waals surface area contributed by atoms with Gasteiger partial charge in [-0.2, -0.15) is 5.26 Å². The number of rotatable bonds is 6. The largest absolute Gasteiger partial charge is 0.392 e. The number of aliphatic hydroxyl groups excluding tert-OH is 1. The maximum Gasteiger partial charge on any atom is 0.293 e. The lowest BCUT2D eigenvalue weighted by Gasteiger charge is -2.08. The molecule has 2 N–H and O–H groups in total. The van der Waals surface area contributed by atoms with E-state index < -0.39 is 4.92 Å². The summed E-state index contributed by atoms with van der Waals surface area (Å²) >= 11 is 0. The fourth-order valence-electron chi connectivity index (χ4n) is 2.05. The molecule has 0 bridgehead atoms. The molecule has 0 aliphatic heterocycles. The minimum absolute atomic E-state index is 0.00989. The molecule has 0 unspecified atom stereocenters. The van der Waals surface area contributed by atoms with E-state index in [-0.39, 0.29) is 17.9 Å². The van der Waals surface area contributed by atoms with Crippen molar-refractivity contribution in [2.24, 2.45) is 0 Å². The summed E-state index contributed by atoms with van der Waals surface area (Å²) in [6, 6.07) is 13.8. The highest BCUT2D eigenvalue weighted by molar-refractivity contribution is 5.64. The van der Waals surface area contributed by atoms with Gasteiger partial charge in [0.2, 0.25) is 0 Å². The fourth-order valence-corrected chi connectivity index (χ4v) is 2.05. The Kier molecular flexibility index (Phi) is 5.07. The second-order valence-electron chi connectivity index (χ2n) is 4.75. The van der Waals surface area contributed by atoms with Crippen LogP contribution in [0.1, 0.15) is 16.7 Å². The van der Waals surface area contributed by atoms with Crippen molar-refractivity contribution in [3.63, 3.8) is 0 Å². The average Bonchev–Trinajstić information content (AvgIpc) is 2.55. The van der Waals surface area contributed by atoms with E-state index in [4.69, 9.17) is 10.4 Å². The van der Waals surface area contributed by atoms with Crippen LogP contribution in [-0.2, 0) is 13.0 Å². The van der Waals surface area contributed by atoms with Gasteiger partial charge >= 0.3 is 0 Å². The van der Waals surface area contributed by atoms with Crippen LogP contribution in [-0.4, -0.2) is 16.6 Å². The van der Waals surface area contributed by atoms with Gasteiger partial charge in [-0.15, -0.1) is 0 Å². The summed E-state index contributed by atoms with van der Waals surface area (Å²) in [5.74, 6) is 0. The van der Waals surface area contributed by atoms with E-state index in [9.17, 15) is 10.1 Å². The molecule has 2 aromatic rings. The first-order valence-corrected chi connectivity index (χ1v) is 6.75. The van der Waals surface area contributed by atoms with Crippen LogP contribution in [0.4, 0.5) is 11.4 Å². The first kappa shape index (κ1) is 15.5. The zero-order valence-corrected chi connectivity index (χ0v) is 11.8. The van der Waals surface area contributed by atoms with Gasteiger partial charge in [0.05, 0.1) is 23.2 Å².